The highest BCUT2D eigenvalue weighted by atomic mass is 16.4. The summed E-state index contributed by atoms with van der Waals surface area (Å²) in [5.41, 5.74) is 1.10. The molecule has 1 fully saturated rings. The number of pyridine rings is 1. The first-order valence-corrected chi connectivity index (χ1v) is 5.72. The molecule has 0 radical (unpaired) electrons. The lowest BCUT2D eigenvalue weighted by atomic mass is 10.2. The third-order valence-corrected chi connectivity index (χ3v) is 2.83. The molecule has 17 heavy (non-hydrogen) atoms. The first kappa shape index (κ1) is 11.6. The SMILES string of the molecule is C=CCN(c1nc(C)ccc1C(=O)O)C1CC1. The molecule has 0 bridgehead atoms. The van der Waals surface area contributed by atoms with Gasteiger partial charge < -0.3 is 10.0 Å². The molecule has 0 aliphatic heterocycles. The van der Waals surface area contributed by atoms with Gasteiger partial charge in [-0.1, -0.05) is 6.08 Å². The van der Waals surface area contributed by atoms with E-state index in [2.05, 4.69) is 11.6 Å². The van der Waals surface area contributed by atoms with Crippen molar-refractivity contribution in [3.8, 4) is 0 Å². The maximum Gasteiger partial charge on any atom is 0.339 e. The molecule has 0 unspecified atom stereocenters. The molecule has 2 rings (SSSR count). The van der Waals surface area contributed by atoms with Crippen LogP contribution in [0.2, 0.25) is 0 Å². The Hall–Kier alpha value is -1.84. The second kappa shape index (κ2) is 4.57. The Morgan fingerprint density at radius 3 is 2.88 bits per heavy atom. The van der Waals surface area contributed by atoms with Crippen molar-refractivity contribution in [2.45, 2.75) is 25.8 Å². The molecule has 1 heterocycles. The van der Waals surface area contributed by atoms with Crippen LogP contribution >= 0.6 is 0 Å². The number of aromatic carboxylic acids is 1. The summed E-state index contributed by atoms with van der Waals surface area (Å²) in [6.45, 7) is 6.23. The molecule has 1 N–H and O–H groups in total. The Morgan fingerprint density at radius 2 is 2.35 bits per heavy atom. The summed E-state index contributed by atoms with van der Waals surface area (Å²) in [7, 11) is 0. The zero-order valence-electron chi connectivity index (χ0n) is 9.89. The van der Waals surface area contributed by atoms with Crippen LogP contribution in [0.3, 0.4) is 0 Å². The number of nitrogens with zero attached hydrogens (tertiary/aromatic N) is 2. The molecule has 0 spiro atoms. The van der Waals surface area contributed by atoms with E-state index in [9.17, 15) is 9.90 Å². The maximum atomic E-state index is 11.2. The van der Waals surface area contributed by atoms with Gasteiger partial charge in [0.15, 0.2) is 0 Å². The number of aromatic nitrogens is 1. The molecular weight excluding hydrogens is 216 g/mol. The summed E-state index contributed by atoms with van der Waals surface area (Å²) in [5.74, 6) is -0.359. The molecule has 0 amide bonds. The lowest BCUT2D eigenvalue weighted by Gasteiger charge is -2.23. The van der Waals surface area contributed by atoms with Crippen LogP contribution in [0.4, 0.5) is 5.82 Å². The quantitative estimate of drug-likeness (QED) is 0.791. The normalized spacial score (nSPS) is 14.4. The molecule has 90 valence electrons. The molecule has 4 heteroatoms. The van der Waals surface area contributed by atoms with Gasteiger partial charge >= 0.3 is 5.97 Å². The van der Waals surface area contributed by atoms with Crippen LogP contribution in [0.25, 0.3) is 0 Å². The topological polar surface area (TPSA) is 53.4 Å². The van der Waals surface area contributed by atoms with E-state index in [0.717, 1.165) is 18.5 Å². The monoisotopic (exact) mass is 232 g/mol. The van der Waals surface area contributed by atoms with Crippen molar-refractivity contribution in [2.24, 2.45) is 0 Å². The van der Waals surface area contributed by atoms with Crippen molar-refractivity contribution in [1.29, 1.82) is 0 Å². The predicted molar refractivity (Wildman–Crippen MR) is 66.5 cm³/mol. The van der Waals surface area contributed by atoms with E-state index in [1.807, 2.05) is 11.8 Å². The van der Waals surface area contributed by atoms with Crippen molar-refractivity contribution in [1.82, 2.24) is 4.98 Å². The van der Waals surface area contributed by atoms with Crippen LogP contribution in [-0.2, 0) is 0 Å². The van der Waals surface area contributed by atoms with Gasteiger partial charge in [0.1, 0.15) is 11.4 Å². The summed E-state index contributed by atoms with van der Waals surface area (Å²) in [4.78, 5) is 17.6. The largest absolute Gasteiger partial charge is 0.478 e. The van der Waals surface area contributed by atoms with Crippen LogP contribution in [0, 0.1) is 6.92 Å². The number of anilines is 1. The number of rotatable bonds is 5. The molecule has 0 aromatic carbocycles. The van der Waals surface area contributed by atoms with Gasteiger partial charge in [-0.25, -0.2) is 9.78 Å². The highest BCUT2D eigenvalue weighted by molar-refractivity contribution is 5.93. The fraction of sp³-hybridized carbons (Fsp3) is 0.385. The van der Waals surface area contributed by atoms with E-state index < -0.39 is 5.97 Å². The summed E-state index contributed by atoms with van der Waals surface area (Å²) < 4.78 is 0. The number of hydrogen-bond acceptors (Lipinski definition) is 3. The Kier molecular flexibility index (Phi) is 3.13. The van der Waals surface area contributed by atoms with E-state index in [1.54, 1.807) is 18.2 Å². The third kappa shape index (κ3) is 2.46. The standard InChI is InChI=1S/C13H16N2O2/c1-3-8-15(10-5-6-10)12-11(13(16)17)7-4-9(2)14-12/h3-4,7,10H,1,5-6,8H2,2H3,(H,16,17). The first-order valence-electron chi connectivity index (χ1n) is 5.72. The summed E-state index contributed by atoms with van der Waals surface area (Å²) in [5, 5.41) is 9.18. The Balaban J connectivity index is 2.42. The van der Waals surface area contributed by atoms with E-state index in [0.29, 0.717) is 18.4 Å². The van der Waals surface area contributed by atoms with Gasteiger partial charge in [0.25, 0.3) is 0 Å². The van der Waals surface area contributed by atoms with Gasteiger partial charge in [0, 0.05) is 18.3 Å². The van der Waals surface area contributed by atoms with Crippen molar-refractivity contribution in [2.75, 3.05) is 11.4 Å². The average Bonchev–Trinajstić information content (AvgIpc) is 3.09. The molecule has 1 aliphatic rings. The fourth-order valence-corrected chi connectivity index (χ4v) is 1.86. The Morgan fingerprint density at radius 1 is 1.65 bits per heavy atom. The maximum absolute atomic E-state index is 11.2. The molecule has 1 aromatic heterocycles. The number of carboxylic acid groups (broad SMARTS) is 1. The smallest absolute Gasteiger partial charge is 0.339 e. The molecule has 0 saturated heterocycles. The van der Waals surface area contributed by atoms with Gasteiger partial charge in [-0.15, -0.1) is 6.58 Å². The van der Waals surface area contributed by atoms with Gasteiger partial charge in [-0.2, -0.15) is 0 Å². The number of aryl methyl sites for hydroxylation is 1. The number of hydrogen-bond donors (Lipinski definition) is 1. The summed E-state index contributed by atoms with van der Waals surface area (Å²) in [6.07, 6.45) is 3.99. The second-order valence-electron chi connectivity index (χ2n) is 4.30. The Labute approximate surface area is 101 Å². The molecule has 1 saturated carbocycles. The van der Waals surface area contributed by atoms with Crippen molar-refractivity contribution < 1.29 is 9.90 Å². The zero-order chi connectivity index (χ0) is 12.4. The minimum atomic E-state index is -0.929. The van der Waals surface area contributed by atoms with E-state index >= 15 is 0 Å². The van der Waals surface area contributed by atoms with Crippen molar-refractivity contribution >= 4 is 11.8 Å². The van der Waals surface area contributed by atoms with Crippen LogP contribution in [0.15, 0.2) is 24.8 Å². The molecular formula is C13H16N2O2. The van der Waals surface area contributed by atoms with Gasteiger partial charge in [0.2, 0.25) is 0 Å². The number of carbonyl (C=O) groups is 1. The zero-order valence-corrected chi connectivity index (χ0v) is 9.89. The van der Waals surface area contributed by atoms with E-state index in [-0.39, 0.29) is 5.56 Å². The molecule has 1 aliphatic carbocycles. The van der Waals surface area contributed by atoms with Gasteiger partial charge in [-0.3, -0.25) is 0 Å². The molecule has 1 aromatic rings. The van der Waals surface area contributed by atoms with Gasteiger partial charge in [0.05, 0.1) is 0 Å². The van der Waals surface area contributed by atoms with E-state index in [4.69, 9.17) is 0 Å². The minimum Gasteiger partial charge on any atom is -0.478 e. The fourth-order valence-electron chi connectivity index (χ4n) is 1.86. The van der Waals surface area contributed by atoms with Crippen LogP contribution < -0.4 is 4.90 Å². The Bertz CT molecular complexity index is 453. The predicted octanol–water partition coefficient (Wildman–Crippen LogP) is 2.24. The summed E-state index contributed by atoms with van der Waals surface area (Å²) >= 11 is 0. The van der Waals surface area contributed by atoms with E-state index in [1.165, 1.54) is 0 Å². The highest BCUT2D eigenvalue weighted by Crippen LogP contribution is 2.32. The third-order valence-electron chi connectivity index (χ3n) is 2.83. The minimum absolute atomic E-state index is 0.268. The molecule has 4 nitrogen and oxygen atoms in total. The molecule has 0 atom stereocenters. The lowest BCUT2D eigenvalue weighted by molar-refractivity contribution is 0.0697. The number of carboxylic acids is 1. The van der Waals surface area contributed by atoms with Crippen LogP contribution in [-0.4, -0.2) is 28.6 Å². The summed E-state index contributed by atoms with van der Waals surface area (Å²) in [6, 6.07) is 3.77. The van der Waals surface area contributed by atoms with Gasteiger partial charge in [-0.05, 0) is 31.9 Å². The van der Waals surface area contributed by atoms with Crippen molar-refractivity contribution in [3.05, 3.63) is 36.0 Å². The second-order valence-corrected chi connectivity index (χ2v) is 4.30. The first-order chi connectivity index (χ1) is 8.13. The highest BCUT2D eigenvalue weighted by Gasteiger charge is 2.31. The average molecular weight is 232 g/mol. The lowest BCUT2D eigenvalue weighted by Crippen LogP contribution is -2.28. The van der Waals surface area contributed by atoms with Crippen molar-refractivity contribution in [3.63, 3.8) is 0 Å². The van der Waals surface area contributed by atoms with Crippen LogP contribution in [0.1, 0.15) is 28.9 Å². The van der Waals surface area contributed by atoms with Crippen LogP contribution in [0.5, 0.6) is 0 Å².